The van der Waals surface area contributed by atoms with Crippen molar-refractivity contribution in [2.75, 3.05) is 11.5 Å². The molecule has 0 aliphatic rings. The number of anilines is 1. The van der Waals surface area contributed by atoms with E-state index in [4.69, 9.17) is 22.4 Å². The molecule has 0 bridgehead atoms. The molecule has 3 N–H and O–H groups in total. The quantitative estimate of drug-likeness (QED) is 0.661. The number of alkyl halides is 3. The maximum absolute atomic E-state index is 12.4. The first-order valence-electron chi connectivity index (χ1n) is 4.69. The molecule has 0 fully saturated rings. The van der Waals surface area contributed by atoms with E-state index in [9.17, 15) is 18.0 Å². The molecule has 18 heavy (non-hydrogen) atoms. The molecular weight excluding hydrogens is 291 g/mol. The zero-order valence-corrected chi connectivity index (χ0v) is 10.4. The van der Waals surface area contributed by atoms with Crippen LogP contribution in [0.1, 0.15) is 0 Å². The van der Waals surface area contributed by atoms with Gasteiger partial charge in [-0.05, 0) is 18.2 Å². The minimum atomic E-state index is -4.77. The maximum Gasteiger partial charge on any atom is 0.403 e. The van der Waals surface area contributed by atoms with Gasteiger partial charge in [0.2, 0.25) is 0 Å². The fourth-order valence-electron chi connectivity index (χ4n) is 1.08. The highest BCUT2D eigenvalue weighted by Gasteiger charge is 2.44. The molecule has 1 aromatic rings. The molecule has 0 spiro atoms. The van der Waals surface area contributed by atoms with Crippen LogP contribution in [-0.2, 0) is 4.79 Å². The number of rotatable bonds is 4. The highest BCUT2D eigenvalue weighted by Crippen LogP contribution is 2.33. The van der Waals surface area contributed by atoms with Crippen LogP contribution in [0.3, 0.4) is 0 Å². The average Bonchev–Trinajstić information content (AvgIpc) is 2.21. The summed E-state index contributed by atoms with van der Waals surface area (Å²) in [5.41, 5.74) is 5.76. The van der Waals surface area contributed by atoms with Crippen molar-refractivity contribution in [3.8, 4) is 0 Å². The van der Waals surface area contributed by atoms with E-state index in [0.29, 0.717) is 10.6 Å². The number of hydrogen-bond acceptors (Lipinski definition) is 3. The van der Waals surface area contributed by atoms with Crippen molar-refractivity contribution in [1.29, 1.82) is 0 Å². The molecule has 0 aromatic heterocycles. The normalized spacial score (nSPS) is 13.3. The Balaban J connectivity index is 2.73. The molecule has 1 unspecified atom stereocenters. The molecule has 100 valence electrons. The number of nitrogens with two attached hydrogens (primary N) is 1. The van der Waals surface area contributed by atoms with Crippen LogP contribution in [-0.4, -0.2) is 23.0 Å². The van der Waals surface area contributed by atoms with Crippen LogP contribution >= 0.6 is 23.4 Å². The minimum absolute atomic E-state index is 0.221. The second-order valence-corrected chi connectivity index (χ2v) is 4.93. The molecule has 0 heterocycles. The number of hydrogen-bond donors (Lipinski definition) is 2. The summed E-state index contributed by atoms with van der Waals surface area (Å²) in [7, 11) is 0. The Kier molecular flexibility index (Phi) is 4.75. The van der Waals surface area contributed by atoms with E-state index in [1.807, 2.05) is 0 Å². The SMILES string of the molecule is Nc1ccc(SCC(C(=O)O)C(F)(F)F)cc1Cl. The van der Waals surface area contributed by atoms with Gasteiger partial charge >= 0.3 is 12.1 Å². The highest BCUT2D eigenvalue weighted by molar-refractivity contribution is 7.99. The second kappa shape index (κ2) is 5.71. The Hall–Kier alpha value is -1.08. The third kappa shape index (κ3) is 3.99. The molecule has 8 heteroatoms. The van der Waals surface area contributed by atoms with Crippen LogP contribution in [0.4, 0.5) is 18.9 Å². The Morgan fingerprint density at radius 2 is 2.11 bits per heavy atom. The molecule has 1 aromatic carbocycles. The first-order chi connectivity index (χ1) is 8.21. The van der Waals surface area contributed by atoms with Crippen LogP contribution in [0.5, 0.6) is 0 Å². The molecule has 1 rings (SSSR count). The zero-order valence-electron chi connectivity index (χ0n) is 8.87. The standard InChI is InChI=1S/C10H9ClF3NO2S/c11-7-3-5(1-2-8(7)15)18-4-6(9(16)17)10(12,13)14/h1-3,6H,4,15H2,(H,16,17). The molecule has 0 radical (unpaired) electrons. The van der Waals surface area contributed by atoms with Crippen molar-refractivity contribution in [1.82, 2.24) is 0 Å². The summed E-state index contributed by atoms with van der Waals surface area (Å²) in [6, 6.07) is 4.34. The van der Waals surface area contributed by atoms with E-state index in [1.165, 1.54) is 18.2 Å². The van der Waals surface area contributed by atoms with Gasteiger partial charge in [-0.1, -0.05) is 11.6 Å². The summed E-state index contributed by atoms with van der Waals surface area (Å²) in [4.78, 5) is 10.9. The lowest BCUT2D eigenvalue weighted by molar-refractivity contribution is -0.188. The number of nitrogen functional groups attached to an aromatic ring is 1. The summed E-state index contributed by atoms with van der Waals surface area (Å²) in [6.45, 7) is 0. The van der Waals surface area contributed by atoms with Crippen LogP contribution < -0.4 is 5.73 Å². The monoisotopic (exact) mass is 299 g/mol. The highest BCUT2D eigenvalue weighted by atomic mass is 35.5. The summed E-state index contributed by atoms with van der Waals surface area (Å²) < 4.78 is 37.1. The maximum atomic E-state index is 12.4. The van der Waals surface area contributed by atoms with E-state index in [0.717, 1.165) is 11.8 Å². The van der Waals surface area contributed by atoms with Crippen LogP contribution in [0.25, 0.3) is 0 Å². The summed E-state index contributed by atoms with van der Waals surface area (Å²) in [5.74, 6) is -4.91. The van der Waals surface area contributed by atoms with Crippen LogP contribution in [0.15, 0.2) is 23.1 Å². The Bertz CT molecular complexity index is 453. The molecule has 0 aliphatic heterocycles. The van der Waals surface area contributed by atoms with E-state index >= 15 is 0 Å². The fraction of sp³-hybridized carbons (Fsp3) is 0.300. The zero-order chi connectivity index (χ0) is 13.9. The molecule has 0 saturated carbocycles. The van der Waals surface area contributed by atoms with E-state index < -0.39 is 23.8 Å². The molecule has 3 nitrogen and oxygen atoms in total. The smallest absolute Gasteiger partial charge is 0.403 e. The van der Waals surface area contributed by atoms with Crippen molar-refractivity contribution >= 4 is 35.0 Å². The molecule has 0 amide bonds. The van der Waals surface area contributed by atoms with E-state index in [1.54, 1.807) is 0 Å². The number of benzene rings is 1. The molecule has 1 atom stereocenters. The average molecular weight is 300 g/mol. The van der Waals surface area contributed by atoms with Gasteiger partial charge in [0, 0.05) is 10.6 Å². The van der Waals surface area contributed by atoms with Gasteiger partial charge < -0.3 is 10.8 Å². The van der Waals surface area contributed by atoms with Crippen molar-refractivity contribution in [2.45, 2.75) is 11.1 Å². The van der Waals surface area contributed by atoms with Gasteiger partial charge in [-0.25, -0.2) is 0 Å². The van der Waals surface area contributed by atoms with Crippen LogP contribution in [0, 0.1) is 5.92 Å². The number of thioether (sulfide) groups is 1. The summed E-state index contributed by atoms with van der Waals surface area (Å²) in [6.07, 6.45) is -4.77. The van der Waals surface area contributed by atoms with Gasteiger partial charge in [0.15, 0.2) is 5.92 Å². The lowest BCUT2D eigenvalue weighted by Gasteiger charge is -2.15. The van der Waals surface area contributed by atoms with Crippen molar-refractivity contribution < 1.29 is 23.1 Å². The molecule has 0 saturated heterocycles. The Labute approximate surface area is 110 Å². The number of aliphatic carboxylic acids is 1. The van der Waals surface area contributed by atoms with Gasteiger partial charge in [-0.2, -0.15) is 13.2 Å². The Morgan fingerprint density at radius 3 is 2.56 bits per heavy atom. The number of halogens is 4. The minimum Gasteiger partial charge on any atom is -0.481 e. The topological polar surface area (TPSA) is 63.3 Å². The van der Waals surface area contributed by atoms with Crippen molar-refractivity contribution in [3.05, 3.63) is 23.2 Å². The number of carbonyl (C=O) groups is 1. The summed E-state index contributed by atoms with van der Waals surface area (Å²) in [5, 5.41) is 8.73. The predicted molar refractivity (Wildman–Crippen MR) is 63.8 cm³/mol. The number of carboxylic acid groups (broad SMARTS) is 1. The van der Waals surface area contributed by atoms with Crippen molar-refractivity contribution in [2.24, 2.45) is 5.92 Å². The van der Waals surface area contributed by atoms with Gasteiger partial charge in [0.05, 0.1) is 10.7 Å². The van der Waals surface area contributed by atoms with Crippen LogP contribution in [0.2, 0.25) is 5.02 Å². The molecular formula is C10H9ClF3NO2S. The first kappa shape index (κ1) is 15.0. The second-order valence-electron chi connectivity index (χ2n) is 3.43. The Morgan fingerprint density at radius 1 is 1.50 bits per heavy atom. The van der Waals surface area contributed by atoms with E-state index in [2.05, 4.69) is 0 Å². The van der Waals surface area contributed by atoms with Gasteiger partial charge in [-0.15, -0.1) is 11.8 Å². The predicted octanol–water partition coefficient (Wildman–Crippen LogP) is 3.28. The van der Waals surface area contributed by atoms with Crippen molar-refractivity contribution in [3.63, 3.8) is 0 Å². The number of carboxylic acids is 1. The largest absolute Gasteiger partial charge is 0.481 e. The first-order valence-corrected chi connectivity index (χ1v) is 6.05. The van der Waals surface area contributed by atoms with Gasteiger partial charge in [0.25, 0.3) is 0 Å². The summed E-state index contributed by atoms with van der Waals surface area (Å²) >= 11 is 6.47. The third-order valence-corrected chi connectivity index (χ3v) is 3.50. The van der Waals surface area contributed by atoms with E-state index in [-0.39, 0.29) is 5.02 Å². The lowest BCUT2D eigenvalue weighted by atomic mass is 10.2. The molecule has 0 aliphatic carbocycles. The van der Waals surface area contributed by atoms with Gasteiger partial charge in [0.1, 0.15) is 0 Å². The fourth-order valence-corrected chi connectivity index (χ4v) is 2.38. The van der Waals surface area contributed by atoms with Gasteiger partial charge in [-0.3, -0.25) is 4.79 Å². The lowest BCUT2D eigenvalue weighted by Crippen LogP contribution is -2.32. The third-order valence-electron chi connectivity index (χ3n) is 2.08.